The van der Waals surface area contributed by atoms with Gasteiger partial charge in [0, 0.05) is 22.9 Å². The molecule has 0 saturated carbocycles. The van der Waals surface area contributed by atoms with Gasteiger partial charge in [-0.15, -0.1) is 0 Å². The molecule has 1 aromatic heterocycles. The van der Waals surface area contributed by atoms with Crippen LogP contribution in [0.4, 0.5) is 0 Å². The van der Waals surface area contributed by atoms with Crippen LogP contribution in [0.1, 0.15) is 21.5 Å². The van der Waals surface area contributed by atoms with Crippen LogP contribution in [0.15, 0.2) is 59.6 Å². The van der Waals surface area contributed by atoms with Crippen molar-refractivity contribution in [3.8, 4) is 17.0 Å². The van der Waals surface area contributed by atoms with Crippen molar-refractivity contribution >= 4 is 16.3 Å². The van der Waals surface area contributed by atoms with E-state index in [1.165, 1.54) is 10.2 Å². The summed E-state index contributed by atoms with van der Waals surface area (Å²) in [7, 11) is -3.83. The van der Waals surface area contributed by atoms with Crippen LogP contribution in [0.3, 0.4) is 0 Å². The third kappa shape index (κ3) is 2.37. The zero-order chi connectivity index (χ0) is 17.6. The Hall–Kier alpha value is -2.86. The van der Waals surface area contributed by atoms with Crippen LogP contribution in [0.5, 0.6) is 5.75 Å². The molecule has 126 valence electrons. The summed E-state index contributed by atoms with van der Waals surface area (Å²) in [6.45, 7) is 2.06. The standard InChI is InChI=1S/C19H15NO4S/c1-13-6-8-15(9-7-13)25(22,23)20-10-14(11-21)17-12-24-18-5-3-2-4-16(18)19(17)20/h2-11H,12H2,1H3. The van der Waals surface area contributed by atoms with Gasteiger partial charge in [0.25, 0.3) is 10.0 Å². The minimum Gasteiger partial charge on any atom is -0.488 e. The fourth-order valence-corrected chi connectivity index (χ4v) is 4.43. The number of hydrogen-bond acceptors (Lipinski definition) is 4. The van der Waals surface area contributed by atoms with E-state index in [2.05, 4.69) is 0 Å². The van der Waals surface area contributed by atoms with Crippen LogP contribution < -0.4 is 4.74 Å². The van der Waals surface area contributed by atoms with E-state index in [0.29, 0.717) is 34.4 Å². The highest BCUT2D eigenvalue weighted by molar-refractivity contribution is 7.90. The summed E-state index contributed by atoms with van der Waals surface area (Å²) in [5.74, 6) is 0.603. The first-order chi connectivity index (χ1) is 12.0. The number of para-hydroxylation sites is 1. The number of aromatic nitrogens is 1. The van der Waals surface area contributed by atoms with Gasteiger partial charge in [0.1, 0.15) is 12.4 Å². The second kappa shape index (κ2) is 5.60. The predicted molar refractivity (Wildman–Crippen MR) is 93.4 cm³/mol. The summed E-state index contributed by atoms with van der Waals surface area (Å²) in [4.78, 5) is 11.6. The average Bonchev–Trinajstić information content (AvgIpc) is 3.02. The van der Waals surface area contributed by atoms with Crippen LogP contribution in [0, 0.1) is 6.92 Å². The molecule has 0 N–H and O–H groups in total. The third-order valence-electron chi connectivity index (χ3n) is 4.33. The number of aldehydes is 1. The molecule has 0 amide bonds. The average molecular weight is 353 g/mol. The molecule has 3 aromatic rings. The lowest BCUT2D eigenvalue weighted by molar-refractivity contribution is 0.112. The molecule has 0 aliphatic carbocycles. The van der Waals surface area contributed by atoms with E-state index in [4.69, 9.17) is 4.74 Å². The summed E-state index contributed by atoms with van der Waals surface area (Å²) >= 11 is 0. The molecule has 0 spiro atoms. The molecular weight excluding hydrogens is 338 g/mol. The Morgan fingerprint density at radius 2 is 1.80 bits per heavy atom. The highest BCUT2D eigenvalue weighted by Gasteiger charge is 2.30. The monoisotopic (exact) mass is 353 g/mol. The molecule has 0 unspecified atom stereocenters. The molecule has 6 heteroatoms. The smallest absolute Gasteiger partial charge is 0.268 e. The molecule has 25 heavy (non-hydrogen) atoms. The highest BCUT2D eigenvalue weighted by atomic mass is 32.2. The number of carbonyl (C=O) groups excluding carboxylic acids is 1. The summed E-state index contributed by atoms with van der Waals surface area (Å²) in [6, 6.07) is 13.9. The van der Waals surface area contributed by atoms with Gasteiger partial charge >= 0.3 is 0 Å². The second-order valence-corrected chi connectivity index (χ2v) is 7.74. The van der Waals surface area contributed by atoms with Gasteiger partial charge in [0.05, 0.1) is 10.6 Å². The maximum absolute atomic E-state index is 13.2. The number of ether oxygens (including phenoxy) is 1. The lowest BCUT2D eigenvalue weighted by Gasteiger charge is -2.20. The summed E-state index contributed by atoms with van der Waals surface area (Å²) in [5, 5.41) is 0. The van der Waals surface area contributed by atoms with Crippen molar-refractivity contribution in [2.75, 3.05) is 0 Å². The Bertz CT molecular complexity index is 1080. The largest absolute Gasteiger partial charge is 0.488 e. The molecule has 0 bridgehead atoms. The number of carbonyl (C=O) groups is 1. The van der Waals surface area contributed by atoms with Crippen molar-refractivity contribution in [1.29, 1.82) is 0 Å². The van der Waals surface area contributed by atoms with Gasteiger partial charge in [-0.05, 0) is 31.2 Å². The predicted octanol–water partition coefficient (Wildman–Crippen LogP) is 3.41. The topological polar surface area (TPSA) is 65.4 Å². The first-order valence-electron chi connectivity index (χ1n) is 7.76. The molecule has 1 aliphatic heterocycles. The van der Waals surface area contributed by atoms with Crippen LogP contribution in [0.25, 0.3) is 11.3 Å². The first kappa shape index (κ1) is 15.7. The quantitative estimate of drug-likeness (QED) is 0.677. The van der Waals surface area contributed by atoms with E-state index >= 15 is 0 Å². The third-order valence-corrected chi connectivity index (χ3v) is 6.00. The molecule has 2 aromatic carbocycles. The van der Waals surface area contributed by atoms with Gasteiger partial charge in [-0.3, -0.25) is 4.79 Å². The summed E-state index contributed by atoms with van der Waals surface area (Å²) < 4.78 is 33.2. The second-order valence-electron chi connectivity index (χ2n) is 5.93. The Balaban J connectivity index is 2.00. The van der Waals surface area contributed by atoms with Crippen molar-refractivity contribution in [2.24, 2.45) is 0 Å². The zero-order valence-corrected chi connectivity index (χ0v) is 14.3. The van der Waals surface area contributed by atoms with Crippen molar-refractivity contribution in [3.05, 3.63) is 71.4 Å². The van der Waals surface area contributed by atoms with Gasteiger partial charge in [-0.25, -0.2) is 12.4 Å². The minimum atomic E-state index is -3.83. The number of rotatable bonds is 3. The SMILES string of the molecule is Cc1ccc(S(=O)(=O)n2cc(C=O)c3c2-c2ccccc2OC3)cc1. The molecule has 1 aliphatic rings. The van der Waals surface area contributed by atoms with E-state index in [9.17, 15) is 13.2 Å². The molecule has 0 radical (unpaired) electrons. The number of fused-ring (bicyclic) bond motifs is 3. The molecular formula is C19H15NO4S. The van der Waals surface area contributed by atoms with Gasteiger partial charge in [-0.1, -0.05) is 29.8 Å². The highest BCUT2D eigenvalue weighted by Crippen LogP contribution is 2.40. The van der Waals surface area contributed by atoms with Gasteiger partial charge in [-0.2, -0.15) is 0 Å². The van der Waals surface area contributed by atoms with E-state index in [1.807, 2.05) is 19.1 Å². The van der Waals surface area contributed by atoms with E-state index in [1.54, 1.807) is 36.4 Å². The molecule has 2 heterocycles. The lowest BCUT2D eigenvalue weighted by Crippen LogP contribution is -2.15. The van der Waals surface area contributed by atoms with Crippen molar-refractivity contribution < 1.29 is 17.9 Å². The number of nitrogens with zero attached hydrogens (tertiary/aromatic N) is 1. The summed E-state index contributed by atoms with van der Waals surface area (Å²) in [6.07, 6.45) is 2.04. The fourth-order valence-electron chi connectivity index (χ4n) is 3.02. The van der Waals surface area contributed by atoms with Crippen LogP contribution in [-0.2, 0) is 16.6 Å². The molecule has 0 fully saturated rings. The molecule has 4 rings (SSSR count). The minimum absolute atomic E-state index is 0.164. The molecule has 0 saturated heterocycles. The first-order valence-corrected chi connectivity index (χ1v) is 9.20. The van der Waals surface area contributed by atoms with E-state index in [0.717, 1.165) is 5.56 Å². The number of hydrogen-bond donors (Lipinski definition) is 0. The Kier molecular flexibility index (Phi) is 3.51. The van der Waals surface area contributed by atoms with E-state index < -0.39 is 10.0 Å². The van der Waals surface area contributed by atoms with Crippen LogP contribution in [-0.4, -0.2) is 18.7 Å². The maximum atomic E-state index is 13.2. The normalized spacial score (nSPS) is 12.8. The van der Waals surface area contributed by atoms with E-state index in [-0.39, 0.29) is 11.5 Å². The number of benzene rings is 2. The fraction of sp³-hybridized carbons (Fsp3) is 0.105. The van der Waals surface area contributed by atoms with Gasteiger partial charge < -0.3 is 4.74 Å². The van der Waals surface area contributed by atoms with Crippen LogP contribution in [0.2, 0.25) is 0 Å². The Morgan fingerprint density at radius 3 is 2.52 bits per heavy atom. The van der Waals surface area contributed by atoms with Crippen LogP contribution >= 0.6 is 0 Å². The maximum Gasteiger partial charge on any atom is 0.268 e. The molecule has 5 nitrogen and oxygen atoms in total. The Labute approximate surface area is 145 Å². The van der Waals surface area contributed by atoms with Gasteiger partial charge in [0.15, 0.2) is 6.29 Å². The van der Waals surface area contributed by atoms with Gasteiger partial charge in [0.2, 0.25) is 0 Å². The van der Waals surface area contributed by atoms with Crippen molar-refractivity contribution in [2.45, 2.75) is 18.4 Å². The summed E-state index contributed by atoms with van der Waals surface area (Å²) in [5.41, 5.74) is 3.03. The number of aryl methyl sites for hydroxylation is 1. The lowest BCUT2D eigenvalue weighted by atomic mass is 10.0. The van der Waals surface area contributed by atoms with Crippen molar-refractivity contribution in [3.63, 3.8) is 0 Å². The van der Waals surface area contributed by atoms with Crippen molar-refractivity contribution in [1.82, 2.24) is 3.97 Å². The molecule has 0 atom stereocenters. The zero-order valence-electron chi connectivity index (χ0n) is 13.5. The Morgan fingerprint density at radius 1 is 1.08 bits per heavy atom.